The van der Waals surface area contributed by atoms with Gasteiger partial charge in [-0.2, -0.15) is 0 Å². The second-order valence-electron chi connectivity index (χ2n) is 5.72. The molecular formula is C17H24N2. The third-order valence-corrected chi connectivity index (χ3v) is 3.50. The molecule has 1 aromatic heterocycles. The van der Waals surface area contributed by atoms with E-state index in [0.717, 1.165) is 17.9 Å². The van der Waals surface area contributed by atoms with E-state index in [4.69, 9.17) is 4.98 Å². The van der Waals surface area contributed by atoms with E-state index in [1.807, 2.05) is 0 Å². The summed E-state index contributed by atoms with van der Waals surface area (Å²) in [4.78, 5) is 4.78. The predicted molar refractivity (Wildman–Crippen MR) is 84.1 cm³/mol. The predicted octanol–water partition coefficient (Wildman–Crippen LogP) is 4.91. The van der Waals surface area contributed by atoms with Crippen molar-refractivity contribution in [1.29, 1.82) is 0 Å². The van der Waals surface area contributed by atoms with Gasteiger partial charge in [0.15, 0.2) is 0 Å². The van der Waals surface area contributed by atoms with Crippen molar-refractivity contribution in [2.75, 3.05) is 11.9 Å². The van der Waals surface area contributed by atoms with Crippen LogP contribution in [0.2, 0.25) is 0 Å². The van der Waals surface area contributed by atoms with Crippen LogP contribution in [0.4, 0.5) is 5.82 Å². The molecule has 1 N–H and O–H groups in total. The van der Waals surface area contributed by atoms with Crippen molar-refractivity contribution in [3.8, 4) is 0 Å². The van der Waals surface area contributed by atoms with Gasteiger partial charge in [0, 0.05) is 11.9 Å². The molecule has 0 radical (unpaired) electrons. The maximum absolute atomic E-state index is 4.78. The fourth-order valence-corrected chi connectivity index (χ4v) is 2.32. The summed E-state index contributed by atoms with van der Waals surface area (Å²) in [6, 6.07) is 8.88. The Kier molecular flexibility index (Phi) is 4.08. The minimum absolute atomic E-state index is 0.480. The first-order chi connectivity index (χ1) is 9.02. The molecule has 0 amide bonds. The number of pyridine rings is 1. The lowest BCUT2D eigenvalue weighted by atomic mass is 9.98. The summed E-state index contributed by atoms with van der Waals surface area (Å²) in [5.41, 5.74) is 3.75. The van der Waals surface area contributed by atoms with E-state index in [1.54, 1.807) is 0 Å². The number of hydrogen-bond donors (Lipinski definition) is 1. The summed E-state index contributed by atoms with van der Waals surface area (Å²) < 4.78 is 0. The first-order valence-electron chi connectivity index (χ1n) is 7.21. The first kappa shape index (κ1) is 13.9. The van der Waals surface area contributed by atoms with Gasteiger partial charge in [0.2, 0.25) is 0 Å². The number of nitrogens with zero attached hydrogens (tertiary/aromatic N) is 1. The lowest BCUT2D eigenvalue weighted by Gasteiger charge is -2.15. The Hall–Kier alpha value is -1.57. The van der Waals surface area contributed by atoms with Crippen LogP contribution in [0.15, 0.2) is 24.3 Å². The Balaban J connectivity index is 2.60. The molecule has 1 heterocycles. The highest BCUT2D eigenvalue weighted by Gasteiger charge is 2.10. The van der Waals surface area contributed by atoms with E-state index in [2.05, 4.69) is 64.2 Å². The normalized spacial score (nSPS) is 11.5. The van der Waals surface area contributed by atoms with Gasteiger partial charge in [-0.1, -0.05) is 33.8 Å². The van der Waals surface area contributed by atoms with Gasteiger partial charge in [-0.05, 0) is 48.1 Å². The van der Waals surface area contributed by atoms with Gasteiger partial charge in [0.05, 0.1) is 5.52 Å². The van der Waals surface area contributed by atoms with Crippen LogP contribution in [-0.4, -0.2) is 11.5 Å². The van der Waals surface area contributed by atoms with Crippen LogP contribution in [0.3, 0.4) is 0 Å². The summed E-state index contributed by atoms with van der Waals surface area (Å²) in [6.45, 7) is 11.9. The number of nitrogens with one attached hydrogen (secondary N) is 1. The minimum Gasteiger partial charge on any atom is -0.370 e. The SMILES string of the molecule is CCNc1nc2ccc(C(C)C)cc2cc1C(C)C. The summed E-state index contributed by atoms with van der Waals surface area (Å²) in [5, 5.41) is 4.62. The number of anilines is 1. The minimum atomic E-state index is 0.480. The molecule has 0 aliphatic rings. The standard InChI is InChI=1S/C17H24N2/c1-6-18-17-15(12(4)5)10-14-9-13(11(2)3)7-8-16(14)19-17/h7-12H,6H2,1-5H3,(H,18,19). The quantitative estimate of drug-likeness (QED) is 0.840. The van der Waals surface area contributed by atoms with Gasteiger partial charge in [-0.3, -0.25) is 0 Å². The maximum Gasteiger partial charge on any atom is 0.130 e. The first-order valence-corrected chi connectivity index (χ1v) is 7.21. The van der Waals surface area contributed by atoms with Crippen LogP contribution >= 0.6 is 0 Å². The molecule has 0 saturated carbocycles. The van der Waals surface area contributed by atoms with Crippen molar-refractivity contribution >= 4 is 16.7 Å². The molecule has 0 fully saturated rings. The van der Waals surface area contributed by atoms with Crippen LogP contribution in [0.25, 0.3) is 10.9 Å². The molecular weight excluding hydrogens is 232 g/mol. The Morgan fingerprint density at radius 3 is 2.37 bits per heavy atom. The lowest BCUT2D eigenvalue weighted by Crippen LogP contribution is -2.05. The van der Waals surface area contributed by atoms with Gasteiger partial charge in [-0.25, -0.2) is 4.98 Å². The molecule has 19 heavy (non-hydrogen) atoms. The molecule has 2 aromatic rings. The number of hydrogen-bond acceptors (Lipinski definition) is 2. The largest absolute Gasteiger partial charge is 0.370 e. The molecule has 0 spiro atoms. The van der Waals surface area contributed by atoms with Crippen molar-refractivity contribution in [2.24, 2.45) is 0 Å². The average Bonchev–Trinajstić information content (AvgIpc) is 2.37. The number of fused-ring (bicyclic) bond motifs is 1. The van der Waals surface area contributed by atoms with E-state index in [9.17, 15) is 0 Å². The third-order valence-electron chi connectivity index (χ3n) is 3.50. The van der Waals surface area contributed by atoms with E-state index < -0.39 is 0 Å². The van der Waals surface area contributed by atoms with Crippen molar-refractivity contribution in [3.63, 3.8) is 0 Å². The van der Waals surface area contributed by atoms with Crippen molar-refractivity contribution < 1.29 is 0 Å². The molecule has 0 saturated heterocycles. The monoisotopic (exact) mass is 256 g/mol. The number of benzene rings is 1. The van der Waals surface area contributed by atoms with Crippen LogP contribution in [0.5, 0.6) is 0 Å². The zero-order chi connectivity index (χ0) is 14.0. The van der Waals surface area contributed by atoms with Crippen LogP contribution in [0.1, 0.15) is 57.6 Å². The maximum atomic E-state index is 4.78. The molecule has 0 bridgehead atoms. The van der Waals surface area contributed by atoms with Gasteiger partial charge in [-0.15, -0.1) is 0 Å². The smallest absolute Gasteiger partial charge is 0.130 e. The highest BCUT2D eigenvalue weighted by atomic mass is 15.0. The summed E-state index contributed by atoms with van der Waals surface area (Å²) in [6.07, 6.45) is 0. The Morgan fingerprint density at radius 2 is 1.79 bits per heavy atom. The molecule has 0 atom stereocenters. The fraction of sp³-hybridized carbons (Fsp3) is 0.471. The zero-order valence-corrected chi connectivity index (χ0v) is 12.6. The van der Waals surface area contributed by atoms with E-state index in [1.165, 1.54) is 16.5 Å². The summed E-state index contributed by atoms with van der Waals surface area (Å²) in [5.74, 6) is 2.07. The highest BCUT2D eigenvalue weighted by molar-refractivity contribution is 5.82. The molecule has 2 heteroatoms. The molecule has 0 aliphatic heterocycles. The average molecular weight is 256 g/mol. The summed E-state index contributed by atoms with van der Waals surface area (Å²) in [7, 11) is 0. The highest BCUT2D eigenvalue weighted by Crippen LogP contribution is 2.28. The van der Waals surface area contributed by atoms with Gasteiger partial charge >= 0.3 is 0 Å². The Labute approximate surface area is 116 Å². The van der Waals surface area contributed by atoms with Crippen molar-refractivity contribution in [3.05, 3.63) is 35.4 Å². The van der Waals surface area contributed by atoms with Gasteiger partial charge in [0.1, 0.15) is 5.82 Å². The Bertz CT molecular complexity index is 571. The van der Waals surface area contributed by atoms with Crippen molar-refractivity contribution in [2.45, 2.75) is 46.5 Å². The number of aromatic nitrogens is 1. The molecule has 0 aliphatic carbocycles. The third kappa shape index (κ3) is 2.89. The molecule has 2 nitrogen and oxygen atoms in total. The van der Waals surface area contributed by atoms with Crippen LogP contribution < -0.4 is 5.32 Å². The second kappa shape index (κ2) is 5.60. The fourth-order valence-electron chi connectivity index (χ4n) is 2.32. The van der Waals surface area contributed by atoms with E-state index >= 15 is 0 Å². The molecule has 1 aromatic carbocycles. The summed E-state index contributed by atoms with van der Waals surface area (Å²) >= 11 is 0. The van der Waals surface area contributed by atoms with E-state index in [0.29, 0.717) is 11.8 Å². The van der Waals surface area contributed by atoms with Crippen molar-refractivity contribution in [1.82, 2.24) is 4.98 Å². The topological polar surface area (TPSA) is 24.9 Å². The molecule has 2 rings (SSSR count). The lowest BCUT2D eigenvalue weighted by molar-refractivity contribution is 0.859. The van der Waals surface area contributed by atoms with Gasteiger partial charge in [0.25, 0.3) is 0 Å². The zero-order valence-electron chi connectivity index (χ0n) is 12.6. The van der Waals surface area contributed by atoms with E-state index in [-0.39, 0.29) is 0 Å². The second-order valence-corrected chi connectivity index (χ2v) is 5.72. The Morgan fingerprint density at radius 1 is 1.05 bits per heavy atom. The molecule has 102 valence electrons. The molecule has 0 unspecified atom stereocenters. The van der Waals surface area contributed by atoms with Gasteiger partial charge < -0.3 is 5.32 Å². The number of rotatable bonds is 4. The van der Waals surface area contributed by atoms with Crippen LogP contribution in [0, 0.1) is 0 Å². The van der Waals surface area contributed by atoms with Crippen LogP contribution in [-0.2, 0) is 0 Å².